The second kappa shape index (κ2) is 11.4. The van der Waals surface area contributed by atoms with E-state index in [4.69, 9.17) is 4.74 Å². The van der Waals surface area contributed by atoms with Gasteiger partial charge in [-0.3, -0.25) is 4.72 Å². The van der Waals surface area contributed by atoms with Crippen LogP contribution in [0.5, 0.6) is 0 Å². The third-order valence-electron chi connectivity index (χ3n) is 5.90. The van der Waals surface area contributed by atoms with Gasteiger partial charge in [0.15, 0.2) is 0 Å². The summed E-state index contributed by atoms with van der Waals surface area (Å²) in [5, 5.41) is 9.61. The molecule has 0 spiro atoms. The second-order valence-electron chi connectivity index (χ2n) is 10.1. The highest BCUT2D eigenvalue weighted by molar-refractivity contribution is 7.93. The monoisotopic (exact) mass is 553 g/mol. The van der Waals surface area contributed by atoms with Crippen molar-refractivity contribution in [1.82, 2.24) is 9.62 Å². The number of aliphatic hydroxyl groups is 1. The number of carbonyl (C=O) groups is 1. The van der Waals surface area contributed by atoms with E-state index in [1.54, 1.807) is 44.7 Å². The molecule has 0 saturated carbocycles. The third kappa shape index (κ3) is 8.16. The Balaban J connectivity index is 1.61. The third-order valence-corrected chi connectivity index (χ3v) is 8.70. The lowest BCUT2D eigenvalue weighted by molar-refractivity contribution is 0.0185. The minimum atomic E-state index is -4.05. The van der Waals surface area contributed by atoms with Crippen molar-refractivity contribution in [3.8, 4) is 0 Å². The molecule has 0 radical (unpaired) electrons. The molecule has 10 nitrogen and oxygen atoms in total. The summed E-state index contributed by atoms with van der Waals surface area (Å²) < 4.78 is 61.9. The van der Waals surface area contributed by atoms with Gasteiger partial charge in [-0.1, -0.05) is 18.2 Å². The van der Waals surface area contributed by atoms with E-state index in [9.17, 15) is 26.7 Å². The van der Waals surface area contributed by atoms with Crippen LogP contribution in [0.2, 0.25) is 0 Å². The van der Waals surface area contributed by atoms with Gasteiger partial charge in [0, 0.05) is 25.3 Å². The van der Waals surface area contributed by atoms with Gasteiger partial charge in [0.25, 0.3) is 10.0 Å². The number of likely N-dealkylation sites (tertiary alicyclic amines) is 1. The molecule has 3 rings (SSSR count). The van der Waals surface area contributed by atoms with Crippen LogP contribution in [0.1, 0.15) is 52.2 Å². The number of hydrogen-bond acceptors (Lipinski definition) is 7. The number of nitrogens with zero attached hydrogens (tertiary/aromatic N) is 1. The number of anilines is 1. The van der Waals surface area contributed by atoms with E-state index in [2.05, 4.69) is 9.44 Å². The zero-order chi connectivity index (χ0) is 27.4. The maximum Gasteiger partial charge on any atom is 0.410 e. The summed E-state index contributed by atoms with van der Waals surface area (Å²) in [6.07, 6.45) is 0.177. The molecule has 1 unspecified atom stereocenters. The largest absolute Gasteiger partial charge is 0.444 e. The van der Waals surface area contributed by atoms with E-state index < -0.39 is 31.8 Å². The molecule has 2 aromatic rings. The lowest BCUT2D eigenvalue weighted by Crippen LogP contribution is -2.43. The molecular weight excluding hydrogens is 518 g/mol. The highest BCUT2D eigenvalue weighted by atomic mass is 32.2. The first kappa shape index (κ1) is 28.9. The van der Waals surface area contributed by atoms with Gasteiger partial charge in [-0.25, -0.2) is 26.4 Å². The van der Waals surface area contributed by atoms with Crippen molar-refractivity contribution in [1.29, 1.82) is 0 Å². The van der Waals surface area contributed by atoms with Crippen LogP contribution in [0.25, 0.3) is 0 Å². The van der Waals surface area contributed by atoms with E-state index in [0.717, 1.165) is 6.07 Å². The van der Waals surface area contributed by atoms with Crippen LogP contribution in [-0.4, -0.2) is 58.2 Å². The molecule has 12 heteroatoms. The fourth-order valence-electron chi connectivity index (χ4n) is 3.81. The number of piperidine rings is 1. The average molecular weight is 554 g/mol. The van der Waals surface area contributed by atoms with Gasteiger partial charge < -0.3 is 14.7 Å². The molecule has 37 heavy (non-hydrogen) atoms. The summed E-state index contributed by atoms with van der Waals surface area (Å²) in [7, 11) is -8.01. The first-order valence-corrected chi connectivity index (χ1v) is 15.0. The molecule has 0 aliphatic carbocycles. The van der Waals surface area contributed by atoms with Gasteiger partial charge in [-0.15, -0.1) is 0 Å². The van der Waals surface area contributed by atoms with E-state index in [1.807, 2.05) is 0 Å². The van der Waals surface area contributed by atoms with Crippen LogP contribution in [-0.2, 0) is 24.8 Å². The van der Waals surface area contributed by atoms with Gasteiger partial charge >= 0.3 is 6.09 Å². The van der Waals surface area contributed by atoms with Crippen LogP contribution < -0.4 is 9.44 Å². The lowest BCUT2D eigenvalue weighted by atomic mass is 9.97. The SMILES string of the molecule is CC(O)c1ccc(NS(=O)(=O)c2cccc(S(=O)(=O)NCC3CCN(C(=O)OC(C)(C)C)CC3)c2)cc1. The van der Waals surface area contributed by atoms with Crippen LogP contribution in [0, 0.1) is 5.92 Å². The van der Waals surface area contributed by atoms with Crippen molar-refractivity contribution >= 4 is 31.8 Å². The van der Waals surface area contributed by atoms with Crippen molar-refractivity contribution in [2.45, 2.75) is 62.0 Å². The normalized spacial score (nSPS) is 16.3. The van der Waals surface area contributed by atoms with E-state index in [1.165, 1.54) is 30.3 Å². The van der Waals surface area contributed by atoms with Crippen LogP contribution in [0.3, 0.4) is 0 Å². The van der Waals surface area contributed by atoms with Gasteiger partial charge in [0.2, 0.25) is 10.0 Å². The van der Waals surface area contributed by atoms with Crippen LogP contribution in [0.4, 0.5) is 10.5 Å². The highest BCUT2D eigenvalue weighted by Crippen LogP contribution is 2.23. The number of benzene rings is 2. The molecule has 0 bridgehead atoms. The summed E-state index contributed by atoms with van der Waals surface area (Å²) in [5.74, 6) is 0.0339. The van der Waals surface area contributed by atoms with Gasteiger partial charge in [-0.2, -0.15) is 0 Å². The fourth-order valence-corrected chi connectivity index (χ4v) is 6.15. The molecule has 1 heterocycles. The highest BCUT2D eigenvalue weighted by Gasteiger charge is 2.28. The maximum atomic E-state index is 12.9. The molecule has 1 atom stereocenters. The fraction of sp³-hybridized carbons (Fsp3) is 0.480. The first-order valence-electron chi connectivity index (χ1n) is 12.0. The number of ether oxygens (including phenoxy) is 1. The molecular formula is C25H35N3O7S2. The topological polar surface area (TPSA) is 142 Å². The zero-order valence-electron chi connectivity index (χ0n) is 21.5. The molecule has 1 fully saturated rings. The Labute approximate surface area is 219 Å². The molecule has 204 valence electrons. The minimum Gasteiger partial charge on any atom is -0.444 e. The minimum absolute atomic E-state index is 0.0339. The number of aliphatic hydroxyl groups excluding tert-OH is 1. The Morgan fingerprint density at radius 3 is 2.14 bits per heavy atom. The van der Waals surface area contributed by atoms with Crippen LogP contribution in [0.15, 0.2) is 58.3 Å². The molecule has 1 aliphatic heterocycles. The number of sulfonamides is 2. The molecule has 1 amide bonds. The number of nitrogens with one attached hydrogen (secondary N) is 2. The summed E-state index contributed by atoms with van der Waals surface area (Å²) in [6.45, 7) is 8.13. The molecule has 1 saturated heterocycles. The predicted molar refractivity (Wildman–Crippen MR) is 140 cm³/mol. The molecule has 2 aromatic carbocycles. The Morgan fingerprint density at radius 1 is 1.03 bits per heavy atom. The standard InChI is InChI=1S/C25H35N3O7S2/c1-18(29)20-8-10-21(11-9-20)27-37(33,34)23-7-5-6-22(16-23)36(31,32)26-17-19-12-14-28(15-13-19)24(30)35-25(2,3)4/h5-11,16,18-19,26-27,29H,12-15,17H2,1-4H3. The van der Waals surface area contributed by atoms with E-state index in [0.29, 0.717) is 31.5 Å². The van der Waals surface area contributed by atoms with Gasteiger partial charge in [-0.05, 0) is 82.3 Å². The lowest BCUT2D eigenvalue weighted by Gasteiger charge is -2.33. The van der Waals surface area contributed by atoms with Crippen molar-refractivity contribution < 1.29 is 31.5 Å². The van der Waals surface area contributed by atoms with Crippen molar-refractivity contribution in [3.63, 3.8) is 0 Å². The number of carbonyl (C=O) groups excluding carboxylic acids is 1. The van der Waals surface area contributed by atoms with E-state index >= 15 is 0 Å². The van der Waals surface area contributed by atoms with Gasteiger partial charge in [0.1, 0.15) is 5.60 Å². The van der Waals surface area contributed by atoms with Gasteiger partial charge in [0.05, 0.1) is 15.9 Å². The quantitative estimate of drug-likeness (QED) is 0.454. The summed E-state index contributed by atoms with van der Waals surface area (Å²) in [6, 6.07) is 11.4. The summed E-state index contributed by atoms with van der Waals surface area (Å²) >= 11 is 0. The Kier molecular flexibility index (Phi) is 8.89. The predicted octanol–water partition coefficient (Wildman–Crippen LogP) is 3.47. The Hall–Kier alpha value is -2.67. The summed E-state index contributed by atoms with van der Waals surface area (Å²) in [5.41, 5.74) is 0.343. The Bertz CT molecular complexity index is 1290. The second-order valence-corrected chi connectivity index (χ2v) is 13.6. The smallest absolute Gasteiger partial charge is 0.410 e. The molecule has 3 N–H and O–H groups in total. The molecule has 1 aliphatic rings. The average Bonchev–Trinajstić information content (AvgIpc) is 2.82. The number of amides is 1. The first-order chi connectivity index (χ1) is 17.2. The Morgan fingerprint density at radius 2 is 1.59 bits per heavy atom. The number of rotatable bonds is 8. The number of hydrogen-bond donors (Lipinski definition) is 3. The van der Waals surface area contributed by atoms with Crippen LogP contribution >= 0.6 is 0 Å². The van der Waals surface area contributed by atoms with Crippen molar-refractivity contribution in [2.24, 2.45) is 5.92 Å². The summed E-state index contributed by atoms with van der Waals surface area (Å²) in [4.78, 5) is 13.5. The van der Waals surface area contributed by atoms with E-state index in [-0.39, 0.29) is 34.0 Å². The molecule has 0 aromatic heterocycles. The zero-order valence-corrected chi connectivity index (χ0v) is 23.1. The maximum absolute atomic E-state index is 12.9. The van der Waals surface area contributed by atoms with Crippen molar-refractivity contribution in [2.75, 3.05) is 24.4 Å². The van der Waals surface area contributed by atoms with Crippen molar-refractivity contribution in [3.05, 3.63) is 54.1 Å².